The molecule has 5 nitrogen and oxygen atoms in total. The van der Waals surface area contributed by atoms with Crippen LogP contribution in [-0.4, -0.2) is 30.6 Å². The Balaban J connectivity index is 2.46. The molecular weight excluding hydrogens is 286 g/mol. The fourth-order valence-corrected chi connectivity index (χ4v) is 1.63. The van der Waals surface area contributed by atoms with Crippen molar-refractivity contribution in [1.29, 1.82) is 0 Å². The van der Waals surface area contributed by atoms with E-state index in [4.69, 9.17) is 10.5 Å². The third kappa shape index (κ3) is 4.80. The Hall–Kier alpha value is -0.980. The Morgan fingerprint density at radius 1 is 1.71 bits per heavy atom. The Morgan fingerprint density at radius 3 is 3.12 bits per heavy atom. The predicted molar refractivity (Wildman–Crippen MR) is 69.7 cm³/mol. The number of hydrogen-bond donors (Lipinski definition) is 2. The van der Waals surface area contributed by atoms with Gasteiger partial charge >= 0.3 is 0 Å². The van der Waals surface area contributed by atoms with Gasteiger partial charge in [-0.1, -0.05) is 0 Å². The Kier molecular flexibility index (Phi) is 6.10. The molecule has 0 spiro atoms. The molecule has 1 heterocycles. The summed E-state index contributed by atoms with van der Waals surface area (Å²) in [5.74, 6) is -0.201. The zero-order chi connectivity index (χ0) is 12.7. The van der Waals surface area contributed by atoms with E-state index in [0.29, 0.717) is 18.7 Å². The van der Waals surface area contributed by atoms with Crippen LogP contribution in [0.5, 0.6) is 0 Å². The Morgan fingerprint density at radius 2 is 2.47 bits per heavy atom. The molecule has 1 unspecified atom stereocenters. The highest BCUT2D eigenvalue weighted by Crippen LogP contribution is 2.20. The number of pyridine rings is 1. The first-order chi connectivity index (χ1) is 8.15. The van der Waals surface area contributed by atoms with Gasteiger partial charge in [0.1, 0.15) is 0 Å². The molecule has 0 fully saturated rings. The third-order valence-corrected chi connectivity index (χ3v) is 2.86. The van der Waals surface area contributed by atoms with Crippen LogP contribution in [0, 0.1) is 0 Å². The van der Waals surface area contributed by atoms with Crippen LogP contribution < -0.4 is 11.1 Å². The van der Waals surface area contributed by atoms with Crippen molar-refractivity contribution in [1.82, 2.24) is 4.98 Å². The maximum Gasteiger partial charge on any atom is 0.241 e. The number of aromatic nitrogens is 1. The normalized spacial score (nSPS) is 12.2. The number of nitrogens with two attached hydrogens (primary N) is 1. The van der Waals surface area contributed by atoms with Crippen molar-refractivity contribution in [3.8, 4) is 0 Å². The summed E-state index contributed by atoms with van der Waals surface area (Å²) >= 11 is 3.30. The van der Waals surface area contributed by atoms with E-state index in [0.717, 1.165) is 10.9 Å². The molecule has 1 atom stereocenters. The number of carbonyl (C=O) groups excluding carboxylic acids is 1. The first-order valence-corrected chi connectivity index (χ1v) is 6.09. The van der Waals surface area contributed by atoms with E-state index < -0.39 is 6.04 Å². The monoisotopic (exact) mass is 301 g/mol. The topological polar surface area (TPSA) is 77.2 Å². The number of rotatable bonds is 6. The average molecular weight is 302 g/mol. The SMILES string of the molecule is COCCCC(N)C(=O)Nc1ccncc1Br. The van der Waals surface area contributed by atoms with Crippen molar-refractivity contribution in [3.63, 3.8) is 0 Å². The van der Waals surface area contributed by atoms with E-state index in [9.17, 15) is 4.79 Å². The van der Waals surface area contributed by atoms with Gasteiger partial charge in [0.25, 0.3) is 0 Å². The van der Waals surface area contributed by atoms with Crippen molar-refractivity contribution in [3.05, 3.63) is 22.9 Å². The molecule has 0 radical (unpaired) electrons. The number of amides is 1. The molecule has 0 aromatic carbocycles. The Labute approximate surface area is 109 Å². The van der Waals surface area contributed by atoms with E-state index in [-0.39, 0.29) is 5.91 Å². The van der Waals surface area contributed by atoms with Crippen LogP contribution in [0.2, 0.25) is 0 Å². The first kappa shape index (κ1) is 14.1. The molecule has 94 valence electrons. The highest BCUT2D eigenvalue weighted by Gasteiger charge is 2.14. The van der Waals surface area contributed by atoms with Gasteiger partial charge in [-0.15, -0.1) is 0 Å². The molecule has 1 rings (SSSR count). The van der Waals surface area contributed by atoms with Crippen LogP contribution in [-0.2, 0) is 9.53 Å². The molecule has 1 amide bonds. The average Bonchev–Trinajstić information content (AvgIpc) is 2.32. The summed E-state index contributed by atoms with van der Waals surface area (Å²) in [6.45, 7) is 0.611. The zero-order valence-electron chi connectivity index (χ0n) is 9.65. The summed E-state index contributed by atoms with van der Waals surface area (Å²) in [4.78, 5) is 15.7. The summed E-state index contributed by atoms with van der Waals surface area (Å²) in [7, 11) is 1.62. The number of methoxy groups -OCH3 is 1. The molecule has 0 aliphatic heterocycles. The second-order valence-electron chi connectivity index (χ2n) is 3.59. The van der Waals surface area contributed by atoms with Crippen molar-refractivity contribution in [2.45, 2.75) is 18.9 Å². The number of hydrogen-bond acceptors (Lipinski definition) is 4. The minimum atomic E-state index is -0.523. The van der Waals surface area contributed by atoms with Crippen LogP contribution >= 0.6 is 15.9 Å². The van der Waals surface area contributed by atoms with E-state index in [1.807, 2.05) is 0 Å². The lowest BCUT2D eigenvalue weighted by molar-refractivity contribution is -0.117. The van der Waals surface area contributed by atoms with Gasteiger partial charge in [-0.2, -0.15) is 0 Å². The standard InChI is InChI=1S/C11H16BrN3O2/c1-17-6-2-3-9(13)11(16)15-10-4-5-14-7-8(10)12/h4-5,7,9H,2-3,6,13H2,1H3,(H,14,15,16). The number of nitrogens with one attached hydrogen (secondary N) is 1. The van der Waals surface area contributed by atoms with Crippen LogP contribution in [0.3, 0.4) is 0 Å². The molecule has 0 saturated carbocycles. The molecule has 0 bridgehead atoms. The quantitative estimate of drug-likeness (QED) is 0.781. The predicted octanol–water partition coefficient (Wildman–Crippen LogP) is 1.54. The number of anilines is 1. The van der Waals surface area contributed by atoms with Crippen LogP contribution in [0.4, 0.5) is 5.69 Å². The van der Waals surface area contributed by atoms with Gasteiger partial charge in [-0.3, -0.25) is 9.78 Å². The van der Waals surface area contributed by atoms with Gasteiger partial charge in [-0.05, 0) is 34.8 Å². The summed E-state index contributed by atoms with van der Waals surface area (Å²) in [5, 5.41) is 2.75. The summed E-state index contributed by atoms with van der Waals surface area (Å²) in [6.07, 6.45) is 4.59. The van der Waals surface area contributed by atoms with E-state index >= 15 is 0 Å². The maximum atomic E-state index is 11.7. The molecular formula is C11H16BrN3O2. The lowest BCUT2D eigenvalue weighted by Gasteiger charge is -2.12. The van der Waals surface area contributed by atoms with Crippen molar-refractivity contribution >= 4 is 27.5 Å². The number of nitrogens with zero attached hydrogens (tertiary/aromatic N) is 1. The van der Waals surface area contributed by atoms with Crippen LogP contribution in [0.15, 0.2) is 22.9 Å². The summed E-state index contributed by atoms with van der Waals surface area (Å²) in [6, 6.07) is 1.19. The van der Waals surface area contributed by atoms with Crippen molar-refractivity contribution in [2.75, 3.05) is 19.0 Å². The molecule has 0 aliphatic rings. The molecule has 0 aliphatic carbocycles. The minimum Gasteiger partial charge on any atom is -0.385 e. The summed E-state index contributed by atoms with van der Waals surface area (Å²) < 4.78 is 5.64. The van der Waals surface area contributed by atoms with Crippen molar-refractivity contribution in [2.24, 2.45) is 5.73 Å². The zero-order valence-corrected chi connectivity index (χ0v) is 11.2. The smallest absolute Gasteiger partial charge is 0.241 e. The van der Waals surface area contributed by atoms with Gasteiger partial charge < -0.3 is 15.8 Å². The second-order valence-corrected chi connectivity index (χ2v) is 4.44. The van der Waals surface area contributed by atoms with Gasteiger partial charge in [0.05, 0.1) is 16.2 Å². The lowest BCUT2D eigenvalue weighted by Crippen LogP contribution is -2.35. The van der Waals surface area contributed by atoms with E-state index in [1.165, 1.54) is 0 Å². The fourth-order valence-electron chi connectivity index (χ4n) is 1.28. The largest absolute Gasteiger partial charge is 0.385 e. The van der Waals surface area contributed by atoms with Gasteiger partial charge in [0.15, 0.2) is 0 Å². The molecule has 3 N–H and O–H groups in total. The molecule has 1 aromatic rings. The molecule has 1 aromatic heterocycles. The number of carbonyl (C=O) groups is 1. The van der Waals surface area contributed by atoms with Gasteiger partial charge in [-0.25, -0.2) is 0 Å². The highest BCUT2D eigenvalue weighted by atomic mass is 79.9. The Bertz CT molecular complexity index is 373. The van der Waals surface area contributed by atoms with E-state index in [2.05, 4.69) is 26.2 Å². The summed E-state index contributed by atoms with van der Waals surface area (Å²) in [5.41, 5.74) is 6.43. The van der Waals surface area contributed by atoms with E-state index in [1.54, 1.807) is 25.6 Å². The fraction of sp³-hybridized carbons (Fsp3) is 0.455. The van der Waals surface area contributed by atoms with Crippen molar-refractivity contribution < 1.29 is 9.53 Å². The van der Waals surface area contributed by atoms with Gasteiger partial charge in [0.2, 0.25) is 5.91 Å². The van der Waals surface area contributed by atoms with Gasteiger partial charge in [0, 0.05) is 26.1 Å². The first-order valence-electron chi connectivity index (χ1n) is 5.30. The third-order valence-electron chi connectivity index (χ3n) is 2.23. The van der Waals surface area contributed by atoms with Crippen LogP contribution in [0.1, 0.15) is 12.8 Å². The minimum absolute atomic E-state index is 0.201. The highest BCUT2D eigenvalue weighted by molar-refractivity contribution is 9.10. The number of ether oxygens (including phenoxy) is 1. The molecule has 17 heavy (non-hydrogen) atoms. The second kappa shape index (κ2) is 7.37. The molecule has 0 saturated heterocycles. The number of halogens is 1. The van der Waals surface area contributed by atoms with Crippen LogP contribution in [0.25, 0.3) is 0 Å². The maximum absolute atomic E-state index is 11.7. The lowest BCUT2D eigenvalue weighted by atomic mass is 10.1. The molecule has 6 heteroatoms.